The molecule has 1 aliphatic heterocycles. The lowest BCUT2D eigenvalue weighted by Crippen LogP contribution is -2.48. The van der Waals surface area contributed by atoms with Crippen molar-refractivity contribution in [1.29, 1.82) is 0 Å². The number of aromatic nitrogens is 1. The summed E-state index contributed by atoms with van der Waals surface area (Å²) in [6.45, 7) is 9.98. The molecule has 0 amide bonds. The molecule has 0 aliphatic carbocycles. The highest BCUT2D eigenvalue weighted by atomic mass is 16.5. The number of piperazine rings is 1. The van der Waals surface area contributed by atoms with Crippen LogP contribution in [0.25, 0.3) is 0 Å². The van der Waals surface area contributed by atoms with E-state index in [0.717, 1.165) is 44.2 Å². The van der Waals surface area contributed by atoms with Gasteiger partial charge >= 0.3 is 0 Å². The van der Waals surface area contributed by atoms with Gasteiger partial charge in [0.15, 0.2) is 0 Å². The minimum Gasteiger partial charge on any atom is -0.455 e. The van der Waals surface area contributed by atoms with Crippen LogP contribution in [0.5, 0.6) is 11.5 Å². The number of hydrogen-bond acceptors (Lipinski definition) is 4. The first-order chi connectivity index (χ1) is 11.2. The zero-order valence-electron chi connectivity index (χ0n) is 14.0. The Kier molecular flexibility index (Phi) is 5.26. The van der Waals surface area contributed by atoms with Crippen molar-refractivity contribution in [1.82, 2.24) is 14.8 Å². The van der Waals surface area contributed by atoms with E-state index in [1.165, 1.54) is 5.56 Å². The highest BCUT2D eigenvalue weighted by Crippen LogP contribution is 2.26. The van der Waals surface area contributed by atoms with Gasteiger partial charge < -0.3 is 4.74 Å². The van der Waals surface area contributed by atoms with E-state index in [9.17, 15) is 0 Å². The minimum atomic E-state index is 0.637. The predicted octanol–water partition coefficient (Wildman–Crippen LogP) is 3.40. The van der Waals surface area contributed by atoms with E-state index in [0.29, 0.717) is 6.04 Å². The molecular formula is C19H25N3O. The maximum atomic E-state index is 6.01. The molecule has 0 radical (unpaired) electrons. The summed E-state index contributed by atoms with van der Waals surface area (Å²) in [5.74, 6) is 1.70. The molecule has 0 unspecified atom stereocenters. The van der Waals surface area contributed by atoms with Gasteiger partial charge in [-0.15, -0.1) is 0 Å². The summed E-state index contributed by atoms with van der Waals surface area (Å²) in [7, 11) is 0. The Morgan fingerprint density at radius 3 is 2.52 bits per heavy atom. The zero-order valence-corrected chi connectivity index (χ0v) is 14.0. The fraction of sp³-hybridized carbons (Fsp3) is 0.421. The molecule has 1 aromatic heterocycles. The fourth-order valence-corrected chi connectivity index (χ4v) is 2.95. The zero-order chi connectivity index (χ0) is 16.1. The van der Waals surface area contributed by atoms with Crippen LogP contribution in [-0.2, 0) is 6.54 Å². The maximum absolute atomic E-state index is 6.01. The molecule has 1 aliphatic rings. The van der Waals surface area contributed by atoms with E-state index in [-0.39, 0.29) is 0 Å². The second kappa shape index (κ2) is 7.57. The van der Waals surface area contributed by atoms with Crippen molar-refractivity contribution >= 4 is 0 Å². The standard InChI is InChI=1S/C19H25N3O/c1-16(2)22-12-10-21(11-13-22)15-17-6-3-4-8-19(17)23-18-7-5-9-20-14-18/h3-9,14,16H,10-13,15H2,1-2H3. The predicted molar refractivity (Wildman–Crippen MR) is 92.7 cm³/mol. The van der Waals surface area contributed by atoms with Crippen LogP contribution in [0, 0.1) is 0 Å². The second-order valence-electron chi connectivity index (χ2n) is 6.30. The molecule has 1 fully saturated rings. The third-order valence-electron chi connectivity index (χ3n) is 4.37. The topological polar surface area (TPSA) is 28.6 Å². The molecule has 0 bridgehead atoms. The van der Waals surface area contributed by atoms with Crippen LogP contribution in [0.3, 0.4) is 0 Å². The summed E-state index contributed by atoms with van der Waals surface area (Å²) in [6, 6.07) is 12.8. The van der Waals surface area contributed by atoms with E-state index >= 15 is 0 Å². The Labute approximate surface area is 138 Å². The van der Waals surface area contributed by atoms with Crippen LogP contribution in [0.4, 0.5) is 0 Å². The van der Waals surface area contributed by atoms with Gasteiger partial charge in [0, 0.05) is 50.5 Å². The first-order valence-electron chi connectivity index (χ1n) is 8.34. The van der Waals surface area contributed by atoms with Gasteiger partial charge in [-0.3, -0.25) is 14.8 Å². The second-order valence-corrected chi connectivity index (χ2v) is 6.30. The van der Waals surface area contributed by atoms with Gasteiger partial charge in [-0.1, -0.05) is 18.2 Å². The Bertz CT molecular complexity index is 607. The SMILES string of the molecule is CC(C)N1CCN(Cc2ccccc2Oc2cccnc2)CC1. The van der Waals surface area contributed by atoms with Crippen molar-refractivity contribution in [3.63, 3.8) is 0 Å². The number of para-hydroxylation sites is 1. The molecule has 23 heavy (non-hydrogen) atoms. The Hall–Kier alpha value is -1.91. The normalized spacial score (nSPS) is 16.7. The molecule has 1 saturated heterocycles. The van der Waals surface area contributed by atoms with Crippen molar-refractivity contribution in [2.45, 2.75) is 26.4 Å². The van der Waals surface area contributed by atoms with Crippen LogP contribution in [0.15, 0.2) is 48.8 Å². The molecule has 122 valence electrons. The summed E-state index contributed by atoms with van der Waals surface area (Å²) < 4.78 is 6.01. The molecule has 0 spiro atoms. The van der Waals surface area contributed by atoms with E-state index in [1.54, 1.807) is 12.4 Å². The lowest BCUT2D eigenvalue weighted by Gasteiger charge is -2.37. The summed E-state index contributed by atoms with van der Waals surface area (Å²) >= 11 is 0. The number of hydrogen-bond donors (Lipinski definition) is 0. The van der Waals surface area contributed by atoms with Crippen molar-refractivity contribution < 1.29 is 4.74 Å². The number of rotatable bonds is 5. The lowest BCUT2D eigenvalue weighted by atomic mass is 10.1. The number of pyridine rings is 1. The summed E-state index contributed by atoms with van der Waals surface area (Å²) in [5, 5.41) is 0. The first-order valence-corrected chi connectivity index (χ1v) is 8.34. The molecule has 1 aromatic carbocycles. The van der Waals surface area contributed by atoms with Crippen molar-refractivity contribution in [3.8, 4) is 11.5 Å². The summed E-state index contributed by atoms with van der Waals surface area (Å²) in [5.41, 5.74) is 1.23. The van der Waals surface area contributed by atoms with Crippen LogP contribution in [0.1, 0.15) is 19.4 Å². The van der Waals surface area contributed by atoms with Crippen molar-refractivity contribution in [2.24, 2.45) is 0 Å². The van der Waals surface area contributed by atoms with Gasteiger partial charge in [0.05, 0.1) is 6.20 Å². The molecule has 4 nitrogen and oxygen atoms in total. The molecule has 0 saturated carbocycles. The van der Waals surface area contributed by atoms with Crippen LogP contribution < -0.4 is 4.74 Å². The molecule has 3 rings (SSSR count). The highest BCUT2D eigenvalue weighted by molar-refractivity contribution is 5.37. The number of ether oxygens (including phenoxy) is 1. The van der Waals surface area contributed by atoms with Gasteiger partial charge in [-0.25, -0.2) is 0 Å². The Balaban J connectivity index is 1.65. The largest absolute Gasteiger partial charge is 0.455 e. The third-order valence-corrected chi connectivity index (χ3v) is 4.37. The molecule has 0 atom stereocenters. The molecule has 2 aromatic rings. The Morgan fingerprint density at radius 1 is 1.04 bits per heavy atom. The number of benzene rings is 1. The van der Waals surface area contributed by atoms with Gasteiger partial charge in [-0.05, 0) is 32.0 Å². The van der Waals surface area contributed by atoms with Crippen molar-refractivity contribution in [2.75, 3.05) is 26.2 Å². The smallest absolute Gasteiger partial charge is 0.145 e. The van der Waals surface area contributed by atoms with E-state index in [2.05, 4.69) is 40.8 Å². The molecule has 2 heterocycles. The van der Waals surface area contributed by atoms with Crippen LogP contribution >= 0.6 is 0 Å². The monoisotopic (exact) mass is 311 g/mol. The highest BCUT2D eigenvalue weighted by Gasteiger charge is 2.19. The average molecular weight is 311 g/mol. The molecule has 4 heteroatoms. The third kappa shape index (κ3) is 4.30. The van der Waals surface area contributed by atoms with Gasteiger partial charge in [0.25, 0.3) is 0 Å². The number of nitrogens with zero attached hydrogens (tertiary/aromatic N) is 3. The molecular weight excluding hydrogens is 286 g/mol. The quantitative estimate of drug-likeness (QED) is 0.846. The van der Waals surface area contributed by atoms with Gasteiger partial charge in [0.1, 0.15) is 11.5 Å². The first kappa shape index (κ1) is 16.0. The van der Waals surface area contributed by atoms with E-state index < -0.39 is 0 Å². The summed E-state index contributed by atoms with van der Waals surface area (Å²) in [6.07, 6.45) is 3.51. The van der Waals surface area contributed by atoms with E-state index in [4.69, 9.17) is 4.74 Å². The van der Waals surface area contributed by atoms with Gasteiger partial charge in [0.2, 0.25) is 0 Å². The molecule has 0 N–H and O–H groups in total. The van der Waals surface area contributed by atoms with Crippen molar-refractivity contribution in [3.05, 3.63) is 54.4 Å². The van der Waals surface area contributed by atoms with Crippen LogP contribution in [-0.4, -0.2) is 47.0 Å². The Morgan fingerprint density at radius 2 is 1.83 bits per heavy atom. The minimum absolute atomic E-state index is 0.637. The van der Waals surface area contributed by atoms with Crippen LogP contribution in [0.2, 0.25) is 0 Å². The summed E-state index contributed by atoms with van der Waals surface area (Å²) in [4.78, 5) is 9.15. The fourth-order valence-electron chi connectivity index (χ4n) is 2.95. The lowest BCUT2D eigenvalue weighted by molar-refractivity contribution is 0.103. The van der Waals surface area contributed by atoms with Gasteiger partial charge in [-0.2, -0.15) is 0 Å². The average Bonchev–Trinajstić information content (AvgIpc) is 2.58. The maximum Gasteiger partial charge on any atom is 0.145 e. The van der Waals surface area contributed by atoms with E-state index in [1.807, 2.05) is 24.3 Å².